The van der Waals surface area contributed by atoms with Crippen molar-refractivity contribution >= 4 is 61.6 Å². The van der Waals surface area contributed by atoms with Gasteiger partial charge in [-0.2, -0.15) is 13.2 Å². The molecule has 0 atom stereocenters. The second-order valence-electron chi connectivity index (χ2n) is 5.01. The topological polar surface area (TPSA) is 46.2 Å². The quantitative estimate of drug-likeness (QED) is 0.479. The number of rotatable bonds is 4. The van der Waals surface area contributed by atoms with Gasteiger partial charge >= 0.3 is 6.18 Å². The molecule has 0 unspecified atom stereocenters. The van der Waals surface area contributed by atoms with Gasteiger partial charge in [-0.05, 0) is 11.6 Å². The fraction of sp³-hybridized carbons (Fsp3) is 0.0667. The van der Waals surface area contributed by atoms with Gasteiger partial charge in [-0.1, -0.05) is 53.5 Å². The van der Waals surface area contributed by atoms with Crippen molar-refractivity contribution in [3.63, 3.8) is 0 Å². The van der Waals surface area contributed by atoms with Crippen LogP contribution in [0.1, 0.15) is 4.88 Å². The first-order valence-electron chi connectivity index (χ1n) is 6.81. The van der Waals surface area contributed by atoms with E-state index in [2.05, 4.69) is 4.72 Å². The Morgan fingerprint density at radius 1 is 1.08 bits per heavy atom. The van der Waals surface area contributed by atoms with Gasteiger partial charge in [0.2, 0.25) is 0 Å². The highest BCUT2D eigenvalue weighted by Gasteiger charge is 2.37. The molecule has 0 aliphatic heterocycles. The Bertz CT molecular complexity index is 1020. The number of alkyl halides is 3. The molecule has 0 spiro atoms. The average Bonchev–Trinajstić information content (AvgIpc) is 3.12. The molecule has 3 aromatic rings. The van der Waals surface area contributed by atoms with Crippen molar-refractivity contribution < 1.29 is 21.6 Å². The Balaban J connectivity index is 2.10. The molecule has 11 heteroatoms. The van der Waals surface area contributed by atoms with E-state index in [1.807, 2.05) is 0 Å². The molecule has 1 aromatic carbocycles. The van der Waals surface area contributed by atoms with Crippen LogP contribution in [0.2, 0.25) is 9.36 Å². The number of sulfonamides is 1. The molecule has 3 rings (SSSR count). The fourth-order valence-corrected chi connectivity index (χ4v) is 6.10. The zero-order valence-electron chi connectivity index (χ0n) is 12.5. The van der Waals surface area contributed by atoms with Crippen LogP contribution in [0.3, 0.4) is 0 Å². The molecule has 0 radical (unpaired) electrons. The van der Waals surface area contributed by atoms with Gasteiger partial charge in [0.15, 0.2) is 0 Å². The van der Waals surface area contributed by atoms with Crippen molar-refractivity contribution in [1.82, 2.24) is 0 Å². The van der Waals surface area contributed by atoms with Crippen LogP contribution in [0.5, 0.6) is 0 Å². The third kappa shape index (κ3) is 3.86. The summed E-state index contributed by atoms with van der Waals surface area (Å²) in [6.07, 6.45) is -4.62. The lowest BCUT2D eigenvalue weighted by molar-refractivity contribution is -0.133. The molecule has 26 heavy (non-hydrogen) atoms. The number of anilines is 1. The summed E-state index contributed by atoms with van der Waals surface area (Å²) in [5.74, 6) is 0. The van der Waals surface area contributed by atoms with E-state index in [1.165, 1.54) is 12.1 Å². The van der Waals surface area contributed by atoms with E-state index in [0.29, 0.717) is 11.3 Å². The number of benzene rings is 1. The van der Waals surface area contributed by atoms with Crippen LogP contribution in [-0.4, -0.2) is 8.42 Å². The molecule has 2 aromatic heterocycles. The number of hydrogen-bond donors (Lipinski definition) is 1. The Morgan fingerprint density at radius 2 is 1.73 bits per heavy atom. The monoisotopic (exact) mass is 457 g/mol. The van der Waals surface area contributed by atoms with E-state index >= 15 is 0 Å². The van der Waals surface area contributed by atoms with Crippen molar-refractivity contribution in [2.45, 2.75) is 10.4 Å². The van der Waals surface area contributed by atoms with Gasteiger partial charge in [-0.3, -0.25) is 4.72 Å². The number of nitrogens with one attached hydrogen (secondary N) is 1. The predicted octanol–water partition coefficient (Wildman–Crippen LogP) is 6.60. The summed E-state index contributed by atoms with van der Waals surface area (Å²) in [5.41, 5.74) is -0.129. The average molecular weight is 458 g/mol. The molecule has 1 N–H and O–H groups in total. The van der Waals surface area contributed by atoms with Crippen LogP contribution in [0, 0.1) is 0 Å². The van der Waals surface area contributed by atoms with E-state index in [-0.39, 0.29) is 30.4 Å². The van der Waals surface area contributed by atoms with Gasteiger partial charge in [0.25, 0.3) is 10.0 Å². The van der Waals surface area contributed by atoms with Crippen LogP contribution in [-0.2, 0) is 16.2 Å². The van der Waals surface area contributed by atoms with Crippen LogP contribution in [0.15, 0.2) is 46.0 Å². The number of thiophene rings is 2. The minimum absolute atomic E-state index is 0.0571. The third-order valence-corrected chi connectivity index (χ3v) is 7.97. The van der Waals surface area contributed by atoms with Crippen molar-refractivity contribution in [3.8, 4) is 11.1 Å². The van der Waals surface area contributed by atoms with Gasteiger partial charge in [-0.15, -0.1) is 22.7 Å². The van der Waals surface area contributed by atoms with Crippen LogP contribution in [0.4, 0.5) is 18.9 Å². The molecule has 0 aliphatic carbocycles. The van der Waals surface area contributed by atoms with E-state index < -0.39 is 21.1 Å². The standard InChI is InChI=1S/C15H8Cl2F3NO2S3/c16-9-6-11(25-14(9)17)26(22,23)21-10-7-24-13(15(18,19)20)12(10)8-4-2-1-3-5-8/h1-7,21H. The molecule has 0 saturated carbocycles. The van der Waals surface area contributed by atoms with Gasteiger partial charge in [0.05, 0.1) is 10.7 Å². The SMILES string of the molecule is O=S(=O)(Nc1csc(C(F)(F)F)c1-c1ccccc1)c1cc(Cl)c(Cl)s1. The molecular formula is C15H8Cl2F3NO2S3. The second kappa shape index (κ2) is 7.05. The molecule has 0 fully saturated rings. The Hall–Kier alpha value is -1.26. The Labute approximate surface area is 165 Å². The third-order valence-electron chi connectivity index (χ3n) is 3.24. The Kier molecular flexibility index (Phi) is 5.28. The van der Waals surface area contributed by atoms with Crippen molar-refractivity contribution in [3.05, 3.63) is 56.0 Å². The minimum atomic E-state index is -4.62. The zero-order chi connectivity index (χ0) is 19.1. The van der Waals surface area contributed by atoms with E-state index in [9.17, 15) is 21.6 Å². The molecule has 138 valence electrons. The van der Waals surface area contributed by atoms with Crippen LogP contribution in [0.25, 0.3) is 11.1 Å². The van der Waals surface area contributed by atoms with E-state index in [0.717, 1.165) is 22.8 Å². The lowest BCUT2D eigenvalue weighted by Gasteiger charge is -2.12. The highest BCUT2D eigenvalue weighted by atomic mass is 35.5. The van der Waals surface area contributed by atoms with Gasteiger partial charge < -0.3 is 0 Å². The first-order chi connectivity index (χ1) is 12.1. The number of hydrogen-bond acceptors (Lipinski definition) is 4. The maximum Gasteiger partial charge on any atom is 0.426 e. The second-order valence-corrected chi connectivity index (χ2v) is 9.86. The van der Waals surface area contributed by atoms with Gasteiger partial charge in [0.1, 0.15) is 13.4 Å². The summed E-state index contributed by atoms with van der Waals surface area (Å²) in [5, 5.41) is 1.18. The fourth-order valence-electron chi connectivity index (χ4n) is 2.19. The van der Waals surface area contributed by atoms with Crippen LogP contribution < -0.4 is 4.72 Å². The normalized spacial score (nSPS) is 12.3. The summed E-state index contributed by atoms with van der Waals surface area (Å²) >= 11 is 12.7. The summed E-state index contributed by atoms with van der Waals surface area (Å²) in [6.45, 7) is 0. The Morgan fingerprint density at radius 3 is 2.27 bits per heavy atom. The van der Waals surface area contributed by atoms with Crippen molar-refractivity contribution in [2.24, 2.45) is 0 Å². The predicted molar refractivity (Wildman–Crippen MR) is 99.9 cm³/mol. The summed E-state index contributed by atoms with van der Waals surface area (Å²) < 4.78 is 67.2. The summed E-state index contributed by atoms with van der Waals surface area (Å²) in [6, 6.07) is 8.91. The summed E-state index contributed by atoms with van der Waals surface area (Å²) in [4.78, 5) is -0.886. The lowest BCUT2D eigenvalue weighted by Crippen LogP contribution is -2.12. The summed E-state index contributed by atoms with van der Waals surface area (Å²) in [7, 11) is -4.14. The molecular weight excluding hydrogens is 450 g/mol. The van der Waals surface area contributed by atoms with Gasteiger partial charge in [0, 0.05) is 10.9 Å². The zero-order valence-corrected chi connectivity index (χ0v) is 16.4. The van der Waals surface area contributed by atoms with Crippen LogP contribution >= 0.6 is 45.9 Å². The maximum absolute atomic E-state index is 13.4. The molecule has 0 saturated heterocycles. The molecule has 0 bridgehead atoms. The molecule has 3 nitrogen and oxygen atoms in total. The van der Waals surface area contributed by atoms with E-state index in [1.54, 1.807) is 18.2 Å². The first kappa shape index (κ1) is 19.5. The first-order valence-corrected chi connectivity index (χ1v) is 10.7. The van der Waals surface area contributed by atoms with Crippen molar-refractivity contribution in [2.75, 3.05) is 4.72 Å². The number of halogens is 5. The smallest absolute Gasteiger partial charge is 0.277 e. The maximum atomic E-state index is 13.4. The van der Waals surface area contributed by atoms with E-state index in [4.69, 9.17) is 23.2 Å². The lowest BCUT2D eigenvalue weighted by atomic mass is 10.1. The minimum Gasteiger partial charge on any atom is -0.277 e. The largest absolute Gasteiger partial charge is 0.426 e. The molecule has 2 heterocycles. The highest BCUT2D eigenvalue weighted by Crippen LogP contribution is 2.46. The van der Waals surface area contributed by atoms with Gasteiger partial charge in [-0.25, -0.2) is 8.42 Å². The molecule has 0 aliphatic rings. The molecule has 0 amide bonds. The van der Waals surface area contributed by atoms with Crippen molar-refractivity contribution in [1.29, 1.82) is 0 Å². The highest BCUT2D eigenvalue weighted by molar-refractivity contribution is 7.94.